The number of aromatic hydroxyl groups is 1. The molecule has 0 unspecified atom stereocenters. The molecule has 0 aliphatic carbocycles. The minimum atomic E-state index is -0.325. The third-order valence-electron chi connectivity index (χ3n) is 3.29. The molecule has 0 bridgehead atoms. The van der Waals surface area contributed by atoms with Crippen molar-refractivity contribution in [1.82, 2.24) is 15.2 Å². The van der Waals surface area contributed by atoms with Crippen molar-refractivity contribution >= 4 is 12.2 Å². The second-order valence-electron chi connectivity index (χ2n) is 5.04. The lowest BCUT2D eigenvalue weighted by Gasteiger charge is -2.02. The van der Waals surface area contributed by atoms with Crippen molar-refractivity contribution < 1.29 is 5.11 Å². The predicted molar refractivity (Wildman–Crippen MR) is 91.2 cm³/mol. The van der Waals surface area contributed by atoms with Gasteiger partial charge in [0, 0.05) is 12.0 Å². The monoisotopic (exact) mass is 321 g/mol. The summed E-state index contributed by atoms with van der Waals surface area (Å²) < 4.78 is 0. The van der Waals surface area contributed by atoms with Crippen LogP contribution < -0.4 is 11.0 Å². The summed E-state index contributed by atoms with van der Waals surface area (Å²) in [5.41, 5.74) is 4.11. The number of H-pyrrole nitrogens is 1. The van der Waals surface area contributed by atoms with E-state index in [0.29, 0.717) is 17.7 Å². The van der Waals surface area contributed by atoms with Gasteiger partial charge in [0.2, 0.25) is 5.95 Å². The van der Waals surface area contributed by atoms with E-state index in [1.807, 2.05) is 30.3 Å². The maximum Gasteiger partial charge on any atom is 0.274 e. The van der Waals surface area contributed by atoms with Crippen molar-refractivity contribution in [3.8, 4) is 5.75 Å². The highest BCUT2D eigenvalue weighted by Gasteiger charge is 2.05. The van der Waals surface area contributed by atoms with E-state index in [9.17, 15) is 9.90 Å². The van der Waals surface area contributed by atoms with Crippen molar-refractivity contribution in [2.75, 3.05) is 5.43 Å². The largest absolute Gasteiger partial charge is 0.507 e. The standard InChI is InChI=1S/C17H15N5O2/c23-15-9-5-4-8-13(15)11-18-21-17-19-16(24)14(20-22-17)10-12-6-2-1-3-7-12/h1-9,11,23H,10H2,(H2,19,21,22,24)/b18-11-. The molecule has 3 N–H and O–H groups in total. The smallest absolute Gasteiger partial charge is 0.274 e. The quantitative estimate of drug-likeness (QED) is 0.492. The third-order valence-corrected chi connectivity index (χ3v) is 3.29. The summed E-state index contributed by atoms with van der Waals surface area (Å²) in [5, 5.41) is 21.4. The summed E-state index contributed by atoms with van der Waals surface area (Å²) in [5.74, 6) is 0.240. The zero-order chi connectivity index (χ0) is 16.8. The van der Waals surface area contributed by atoms with Gasteiger partial charge in [-0.2, -0.15) is 5.10 Å². The lowest BCUT2D eigenvalue weighted by molar-refractivity contribution is 0.474. The molecule has 7 heteroatoms. The van der Waals surface area contributed by atoms with E-state index in [4.69, 9.17) is 0 Å². The van der Waals surface area contributed by atoms with Crippen LogP contribution in [0, 0.1) is 0 Å². The predicted octanol–water partition coefficient (Wildman–Crippen LogP) is 1.91. The number of hydrazone groups is 1. The Bertz CT molecular complexity index is 906. The molecule has 0 amide bonds. The first kappa shape index (κ1) is 15.4. The molecule has 2 aromatic carbocycles. The molecule has 1 aromatic heterocycles. The number of nitrogens with zero attached hydrogens (tertiary/aromatic N) is 3. The first-order chi connectivity index (χ1) is 11.7. The molecule has 24 heavy (non-hydrogen) atoms. The number of phenols is 1. The van der Waals surface area contributed by atoms with E-state index in [0.717, 1.165) is 5.56 Å². The summed E-state index contributed by atoms with van der Waals surface area (Å²) >= 11 is 0. The van der Waals surface area contributed by atoms with Crippen molar-refractivity contribution in [2.24, 2.45) is 5.10 Å². The normalized spacial score (nSPS) is 10.8. The van der Waals surface area contributed by atoms with Crippen LogP contribution in [0.5, 0.6) is 5.75 Å². The van der Waals surface area contributed by atoms with Gasteiger partial charge in [-0.1, -0.05) is 42.5 Å². The Kier molecular flexibility index (Phi) is 4.62. The van der Waals surface area contributed by atoms with Crippen LogP contribution in [-0.4, -0.2) is 26.5 Å². The number of para-hydroxylation sites is 1. The highest BCUT2D eigenvalue weighted by Crippen LogP contribution is 2.12. The van der Waals surface area contributed by atoms with Gasteiger partial charge in [-0.3, -0.25) is 9.78 Å². The fourth-order valence-electron chi connectivity index (χ4n) is 2.08. The molecule has 0 saturated heterocycles. The minimum absolute atomic E-state index is 0.112. The summed E-state index contributed by atoms with van der Waals surface area (Å²) in [4.78, 5) is 14.6. The van der Waals surface area contributed by atoms with Crippen molar-refractivity contribution in [1.29, 1.82) is 0 Å². The lowest BCUT2D eigenvalue weighted by atomic mass is 10.1. The van der Waals surface area contributed by atoms with Crippen molar-refractivity contribution in [3.05, 3.63) is 81.8 Å². The van der Waals surface area contributed by atoms with Gasteiger partial charge < -0.3 is 5.11 Å². The Labute approximate surface area is 137 Å². The molecule has 3 aromatic rings. The van der Waals surface area contributed by atoms with Gasteiger partial charge in [0.05, 0.1) is 6.21 Å². The van der Waals surface area contributed by atoms with Crippen LogP contribution in [0.15, 0.2) is 64.5 Å². The lowest BCUT2D eigenvalue weighted by Crippen LogP contribution is -2.18. The molecule has 3 rings (SSSR count). The van der Waals surface area contributed by atoms with Gasteiger partial charge in [-0.05, 0) is 17.7 Å². The Morgan fingerprint density at radius 3 is 2.58 bits per heavy atom. The second-order valence-corrected chi connectivity index (χ2v) is 5.04. The number of rotatable bonds is 5. The number of hydrogen-bond acceptors (Lipinski definition) is 6. The zero-order valence-corrected chi connectivity index (χ0v) is 12.7. The topological polar surface area (TPSA) is 103 Å². The van der Waals surface area contributed by atoms with Gasteiger partial charge in [-0.15, -0.1) is 10.2 Å². The van der Waals surface area contributed by atoms with E-state index in [-0.39, 0.29) is 17.3 Å². The molecule has 0 aliphatic heterocycles. The fourth-order valence-corrected chi connectivity index (χ4v) is 2.08. The van der Waals surface area contributed by atoms with Crippen LogP contribution in [0.3, 0.4) is 0 Å². The number of anilines is 1. The van der Waals surface area contributed by atoms with Crippen LogP contribution >= 0.6 is 0 Å². The average molecular weight is 321 g/mol. The van der Waals surface area contributed by atoms with E-state index in [1.54, 1.807) is 24.3 Å². The molecule has 0 aliphatic rings. The molecule has 1 heterocycles. The van der Waals surface area contributed by atoms with E-state index in [2.05, 4.69) is 25.7 Å². The summed E-state index contributed by atoms with van der Waals surface area (Å²) in [7, 11) is 0. The Morgan fingerprint density at radius 2 is 1.83 bits per heavy atom. The maximum absolute atomic E-state index is 12.0. The number of phenolic OH excluding ortho intramolecular Hbond substituents is 1. The van der Waals surface area contributed by atoms with Crippen LogP contribution in [0.2, 0.25) is 0 Å². The Hall–Kier alpha value is -3.48. The molecular formula is C17H15N5O2. The van der Waals surface area contributed by atoms with Crippen LogP contribution in [0.4, 0.5) is 5.95 Å². The highest BCUT2D eigenvalue weighted by atomic mass is 16.3. The second kappa shape index (κ2) is 7.19. The SMILES string of the molecule is O=c1[nH]c(N/N=C\c2ccccc2O)nnc1Cc1ccccc1. The van der Waals surface area contributed by atoms with E-state index < -0.39 is 0 Å². The van der Waals surface area contributed by atoms with Crippen LogP contribution in [0.1, 0.15) is 16.8 Å². The Balaban J connectivity index is 1.69. The molecule has 0 saturated carbocycles. The molecule has 7 nitrogen and oxygen atoms in total. The number of benzene rings is 2. The van der Waals surface area contributed by atoms with Crippen LogP contribution in [-0.2, 0) is 6.42 Å². The maximum atomic E-state index is 12.0. The fraction of sp³-hybridized carbons (Fsp3) is 0.0588. The first-order valence-corrected chi connectivity index (χ1v) is 7.29. The van der Waals surface area contributed by atoms with E-state index in [1.165, 1.54) is 6.21 Å². The van der Waals surface area contributed by atoms with Crippen molar-refractivity contribution in [3.63, 3.8) is 0 Å². The van der Waals surface area contributed by atoms with Crippen LogP contribution in [0.25, 0.3) is 0 Å². The van der Waals surface area contributed by atoms with Gasteiger partial charge in [0.1, 0.15) is 11.4 Å². The highest BCUT2D eigenvalue weighted by molar-refractivity contribution is 5.83. The first-order valence-electron chi connectivity index (χ1n) is 7.29. The number of hydrogen-bond donors (Lipinski definition) is 3. The van der Waals surface area contributed by atoms with Gasteiger partial charge in [0.25, 0.3) is 5.56 Å². The Morgan fingerprint density at radius 1 is 1.08 bits per heavy atom. The molecule has 0 atom stereocenters. The van der Waals surface area contributed by atoms with E-state index >= 15 is 0 Å². The van der Waals surface area contributed by atoms with Gasteiger partial charge in [-0.25, -0.2) is 5.43 Å². The summed E-state index contributed by atoms with van der Waals surface area (Å²) in [6, 6.07) is 16.3. The molecule has 0 fully saturated rings. The number of aromatic nitrogens is 3. The summed E-state index contributed by atoms with van der Waals surface area (Å²) in [6.07, 6.45) is 1.83. The van der Waals surface area contributed by atoms with Gasteiger partial charge in [0.15, 0.2) is 0 Å². The molecule has 0 radical (unpaired) electrons. The minimum Gasteiger partial charge on any atom is -0.507 e. The summed E-state index contributed by atoms with van der Waals surface area (Å²) in [6.45, 7) is 0. The zero-order valence-electron chi connectivity index (χ0n) is 12.7. The third kappa shape index (κ3) is 3.83. The number of aromatic amines is 1. The van der Waals surface area contributed by atoms with Gasteiger partial charge >= 0.3 is 0 Å². The number of nitrogens with one attached hydrogen (secondary N) is 2. The van der Waals surface area contributed by atoms with Crippen molar-refractivity contribution in [2.45, 2.75) is 6.42 Å². The molecule has 120 valence electrons. The molecular weight excluding hydrogens is 306 g/mol. The average Bonchev–Trinajstić information content (AvgIpc) is 2.60. The molecule has 0 spiro atoms.